The molecule has 0 saturated carbocycles. The van der Waals surface area contributed by atoms with Gasteiger partial charge in [-0.1, -0.05) is 13.0 Å². The molecule has 2 aromatic rings. The lowest BCUT2D eigenvalue weighted by Gasteiger charge is -2.18. The Bertz CT molecular complexity index is 711. The maximum atomic E-state index is 11.8. The average molecular weight is 456 g/mol. The van der Waals surface area contributed by atoms with Gasteiger partial charge in [0.05, 0.1) is 12.2 Å². The number of nitrogens with one attached hydrogen (secondary N) is 2. The quantitative estimate of drug-likeness (QED) is 0.417. The number of imidazole rings is 1. The number of carbonyl (C=O) groups is 1. The maximum absolute atomic E-state index is 11.8. The molecule has 2 N–H and O–H groups in total. The highest BCUT2D eigenvalue weighted by molar-refractivity contribution is 14.0. The lowest BCUT2D eigenvalue weighted by molar-refractivity contribution is -0.129. The number of halogens is 1. The van der Waals surface area contributed by atoms with Crippen molar-refractivity contribution in [2.75, 3.05) is 20.1 Å². The van der Waals surface area contributed by atoms with Crippen LogP contribution >= 0.6 is 24.0 Å². The highest BCUT2D eigenvalue weighted by atomic mass is 127. The monoisotopic (exact) mass is 456 g/mol. The first-order valence-electron chi connectivity index (χ1n) is 8.37. The summed E-state index contributed by atoms with van der Waals surface area (Å²) in [5.74, 6) is 0.954. The fourth-order valence-corrected chi connectivity index (χ4v) is 2.96. The molecule has 1 fully saturated rings. The minimum Gasteiger partial charge on any atom is -0.352 e. The van der Waals surface area contributed by atoms with E-state index in [1.807, 2.05) is 46.8 Å². The zero-order chi connectivity index (χ0) is 16.9. The van der Waals surface area contributed by atoms with Gasteiger partial charge in [-0.25, -0.2) is 4.98 Å². The van der Waals surface area contributed by atoms with Gasteiger partial charge in [0.15, 0.2) is 5.96 Å². The Labute approximate surface area is 164 Å². The van der Waals surface area contributed by atoms with E-state index in [4.69, 9.17) is 0 Å². The van der Waals surface area contributed by atoms with Crippen LogP contribution < -0.4 is 10.6 Å². The SMILES string of the molecule is CCC(=O)N1CCC(NC(=NC)NCc2cn3ccccc3n2)C1.I. The third-order valence-electron chi connectivity index (χ3n) is 4.26. The van der Waals surface area contributed by atoms with Crippen LogP contribution in [0.5, 0.6) is 0 Å². The molecular weight excluding hydrogens is 431 g/mol. The van der Waals surface area contributed by atoms with Gasteiger partial charge in [0.2, 0.25) is 5.91 Å². The highest BCUT2D eigenvalue weighted by Crippen LogP contribution is 2.10. The Morgan fingerprint density at radius 3 is 3.00 bits per heavy atom. The van der Waals surface area contributed by atoms with Gasteiger partial charge in [-0.15, -0.1) is 24.0 Å². The van der Waals surface area contributed by atoms with E-state index >= 15 is 0 Å². The Morgan fingerprint density at radius 2 is 2.28 bits per heavy atom. The molecule has 0 aromatic carbocycles. The molecule has 7 nitrogen and oxygen atoms in total. The molecule has 1 unspecified atom stereocenters. The van der Waals surface area contributed by atoms with Gasteiger partial charge in [-0.2, -0.15) is 0 Å². The summed E-state index contributed by atoms with van der Waals surface area (Å²) in [6.07, 6.45) is 5.50. The second-order valence-corrected chi connectivity index (χ2v) is 5.95. The molecule has 136 valence electrons. The third kappa shape index (κ3) is 4.83. The first-order valence-corrected chi connectivity index (χ1v) is 8.37. The van der Waals surface area contributed by atoms with Crippen molar-refractivity contribution in [2.45, 2.75) is 32.4 Å². The van der Waals surface area contributed by atoms with E-state index in [0.717, 1.165) is 36.8 Å². The number of nitrogens with zero attached hydrogens (tertiary/aromatic N) is 4. The summed E-state index contributed by atoms with van der Waals surface area (Å²) in [5, 5.41) is 6.68. The second kappa shape index (κ2) is 9.02. The third-order valence-corrected chi connectivity index (χ3v) is 4.26. The van der Waals surface area contributed by atoms with Crippen molar-refractivity contribution in [3.05, 3.63) is 36.3 Å². The molecule has 0 aliphatic carbocycles. The topological polar surface area (TPSA) is 74.0 Å². The van der Waals surface area contributed by atoms with Gasteiger partial charge in [-0.05, 0) is 18.6 Å². The summed E-state index contributed by atoms with van der Waals surface area (Å²) in [7, 11) is 1.75. The first-order chi connectivity index (χ1) is 11.7. The lowest BCUT2D eigenvalue weighted by atomic mass is 10.3. The highest BCUT2D eigenvalue weighted by Gasteiger charge is 2.25. The molecule has 1 aliphatic rings. The molecular formula is C17H25IN6O. The summed E-state index contributed by atoms with van der Waals surface area (Å²) in [5.41, 5.74) is 1.89. The standard InChI is InChI=1S/C17H24N6O.HI/c1-3-16(24)23-9-7-13(11-23)21-17(18-2)19-10-14-12-22-8-5-4-6-15(22)20-14;/h4-6,8,12-13H,3,7,9-11H2,1-2H3,(H2,18,19,21);1H. The van der Waals surface area contributed by atoms with Crippen LogP contribution in [0.15, 0.2) is 35.6 Å². The van der Waals surface area contributed by atoms with E-state index < -0.39 is 0 Å². The molecule has 3 heterocycles. The Hall–Kier alpha value is -1.84. The molecule has 1 aliphatic heterocycles. The molecule has 8 heteroatoms. The average Bonchev–Trinajstić information content (AvgIpc) is 3.24. The summed E-state index contributed by atoms with van der Waals surface area (Å²) < 4.78 is 2.00. The van der Waals surface area contributed by atoms with Crippen LogP contribution in [-0.4, -0.2) is 52.3 Å². The zero-order valence-corrected chi connectivity index (χ0v) is 16.9. The van der Waals surface area contributed by atoms with Crippen LogP contribution in [0.3, 0.4) is 0 Å². The van der Waals surface area contributed by atoms with E-state index in [1.165, 1.54) is 0 Å². The van der Waals surface area contributed by atoms with Gasteiger partial charge < -0.3 is 19.9 Å². The van der Waals surface area contributed by atoms with Crippen LogP contribution in [0.25, 0.3) is 5.65 Å². The number of aromatic nitrogens is 2. The smallest absolute Gasteiger partial charge is 0.222 e. The Balaban J connectivity index is 0.00000225. The molecule has 0 radical (unpaired) electrons. The number of aliphatic imine (C=N–C) groups is 1. The van der Waals surface area contributed by atoms with Gasteiger partial charge in [0, 0.05) is 45.0 Å². The van der Waals surface area contributed by atoms with Crippen molar-refractivity contribution >= 4 is 41.5 Å². The molecule has 1 atom stereocenters. The number of guanidine groups is 1. The Morgan fingerprint density at radius 1 is 1.44 bits per heavy atom. The van der Waals surface area contributed by atoms with Crippen molar-refractivity contribution in [3.63, 3.8) is 0 Å². The molecule has 3 rings (SSSR count). The van der Waals surface area contributed by atoms with Crippen LogP contribution in [0, 0.1) is 0 Å². The summed E-state index contributed by atoms with van der Waals surface area (Å²) in [6.45, 7) is 4.06. The van der Waals surface area contributed by atoms with E-state index in [0.29, 0.717) is 13.0 Å². The first kappa shape index (κ1) is 19.5. The lowest BCUT2D eigenvalue weighted by Crippen LogP contribution is -2.44. The minimum absolute atomic E-state index is 0. The normalized spacial score (nSPS) is 17.4. The van der Waals surface area contributed by atoms with Crippen molar-refractivity contribution < 1.29 is 4.79 Å². The van der Waals surface area contributed by atoms with Crippen LogP contribution in [-0.2, 0) is 11.3 Å². The van der Waals surface area contributed by atoms with E-state index in [2.05, 4.69) is 20.6 Å². The number of amides is 1. The van der Waals surface area contributed by atoms with Gasteiger partial charge in [0.1, 0.15) is 5.65 Å². The van der Waals surface area contributed by atoms with E-state index in [-0.39, 0.29) is 35.9 Å². The summed E-state index contributed by atoms with van der Waals surface area (Å²) in [6, 6.07) is 6.18. The van der Waals surface area contributed by atoms with Crippen LogP contribution in [0.4, 0.5) is 0 Å². The van der Waals surface area contributed by atoms with Crippen molar-refractivity contribution in [1.82, 2.24) is 24.9 Å². The molecule has 1 saturated heterocycles. The van der Waals surface area contributed by atoms with Crippen molar-refractivity contribution in [2.24, 2.45) is 4.99 Å². The number of fused-ring (bicyclic) bond motifs is 1. The molecule has 0 bridgehead atoms. The van der Waals surface area contributed by atoms with Crippen LogP contribution in [0.1, 0.15) is 25.5 Å². The van der Waals surface area contributed by atoms with Gasteiger partial charge >= 0.3 is 0 Å². The fourth-order valence-electron chi connectivity index (χ4n) is 2.96. The minimum atomic E-state index is 0. The predicted octanol–water partition coefficient (Wildman–Crippen LogP) is 1.63. The number of likely N-dealkylation sites (tertiary alicyclic amines) is 1. The van der Waals surface area contributed by atoms with Crippen LogP contribution in [0.2, 0.25) is 0 Å². The molecule has 2 aromatic heterocycles. The molecule has 1 amide bonds. The Kier molecular flexibility index (Phi) is 7.03. The van der Waals surface area contributed by atoms with Crippen molar-refractivity contribution in [1.29, 1.82) is 0 Å². The second-order valence-electron chi connectivity index (χ2n) is 5.95. The van der Waals surface area contributed by atoms with E-state index in [1.54, 1.807) is 7.05 Å². The molecule has 0 spiro atoms. The number of hydrogen-bond acceptors (Lipinski definition) is 3. The zero-order valence-electron chi connectivity index (χ0n) is 14.6. The number of rotatable bonds is 4. The van der Waals surface area contributed by atoms with E-state index in [9.17, 15) is 4.79 Å². The number of carbonyl (C=O) groups excluding carboxylic acids is 1. The fraction of sp³-hybridized carbons (Fsp3) is 0.471. The predicted molar refractivity (Wildman–Crippen MR) is 109 cm³/mol. The maximum Gasteiger partial charge on any atom is 0.222 e. The molecule has 25 heavy (non-hydrogen) atoms. The van der Waals surface area contributed by atoms with Gasteiger partial charge in [-0.3, -0.25) is 9.79 Å². The summed E-state index contributed by atoms with van der Waals surface area (Å²) in [4.78, 5) is 22.5. The number of hydrogen-bond donors (Lipinski definition) is 2. The number of pyridine rings is 1. The summed E-state index contributed by atoms with van der Waals surface area (Å²) >= 11 is 0. The van der Waals surface area contributed by atoms with Gasteiger partial charge in [0.25, 0.3) is 0 Å². The van der Waals surface area contributed by atoms with Crippen molar-refractivity contribution in [3.8, 4) is 0 Å². The largest absolute Gasteiger partial charge is 0.352 e.